The van der Waals surface area contributed by atoms with Gasteiger partial charge in [0, 0.05) is 26.1 Å². The number of hydrogen-bond donors (Lipinski definition) is 1. The van der Waals surface area contributed by atoms with Crippen LogP contribution in [-0.2, 0) is 4.79 Å². The highest BCUT2D eigenvalue weighted by Crippen LogP contribution is 2.14. The Labute approximate surface area is 67.8 Å². The summed E-state index contributed by atoms with van der Waals surface area (Å²) < 4.78 is 0. The van der Waals surface area contributed by atoms with Gasteiger partial charge < -0.3 is 10.2 Å². The van der Waals surface area contributed by atoms with Gasteiger partial charge in [-0.05, 0) is 13.0 Å². The van der Waals surface area contributed by atoms with E-state index in [9.17, 15) is 4.79 Å². The fourth-order valence-corrected chi connectivity index (χ4v) is 1.41. The Hall–Kier alpha value is -0.570. The van der Waals surface area contributed by atoms with E-state index >= 15 is 0 Å². The normalized spacial score (nSPS) is 24.7. The monoisotopic (exact) mass is 156 g/mol. The molecule has 0 aliphatic carbocycles. The van der Waals surface area contributed by atoms with Crippen LogP contribution in [0, 0.1) is 0 Å². The summed E-state index contributed by atoms with van der Waals surface area (Å²) in [6, 6.07) is 0.433. The summed E-state index contributed by atoms with van der Waals surface area (Å²) in [5.74, 6) is 0.285. The summed E-state index contributed by atoms with van der Waals surface area (Å²) in [6.45, 7) is 4.01. The highest BCUT2D eigenvalue weighted by atomic mass is 16.2. The van der Waals surface area contributed by atoms with Gasteiger partial charge in [0.2, 0.25) is 5.91 Å². The van der Waals surface area contributed by atoms with Crippen LogP contribution in [0.3, 0.4) is 0 Å². The molecule has 11 heavy (non-hydrogen) atoms. The summed E-state index contributed by atoms with van der Waals surface area (Å²) in [5.41, 5.74) is 0. The molecule has 0 aromatic carbocycles. The third kappa shape index (κ3) is 1.93. The van der Waals surface area contributed by atoms with Crippen molar-refractivity contribution in [2.24, 2.45) is 0 Å². The van der Waals surface area contributed by atoms with Crippen LogP contribution < -0.4 is 5.32 Å². The Morgan fingerprint density at radius 3 is 2.91 bits per heavy atom. The Kier molecular flexibility index (Phi) is 2.88. The van der Waals surface area contributed by atoms with Crippen molar-refractivity contribution in [3.8, 4) is 0 Å². The van der Waals surface area contributed by atoms with Crippen LogP contribution in [0.4, 0.5) is 0 Å². The minimum Gasteiger partial charge on any atom is -0.341 e. The molecule has 1 saturated heterocycles. The fraction of sp³-hybridized carbons (Fsp3) is 0.875. The topological polar surface area (TPSA) is 32.3 Å². The molecule has 1 N–H and O–H groups in total. The van der Waals surface area contributed by atoms with Crippen LogP contribution in [-0.4, -0.2) is 37.0 Å². The molecule has 0 aromatic heterocycles. The van der Waals surface area contributed by atoms with E-state index in [0.717, 1.165) is 25.9 Å². The lowest BCUT2D eigenvalue weighted by Crippen LogP contribution is -2.37. The van der Waals surface area contributed by atoms with Gasteiger partial charge in [0.1, 0.15) is 0 Å². The molecule has 64 valence electrons. The summed E-state index contributed by atoms with van der Waals surface area (Å²) in [6.07, 6.45) is 1.74. The number of nitrogens with one attached hydrogen (secondary N) is 1. The van der Waals surface area contributed by atoms with Gasteiger partial charge in [0.05, 0.1) is 0 Å². The maximum atomic E-state index is 11.0. The Bertz CT molecular complexity index is 147. The van der Waals surface area contributed by atoms with Gasteiger partial charge in [-0.2, -0.15) is 0 Å². The van der Waals surface area contributed by atoms with Gasteiger partial charge in [-0.3, -0.25) is 4.79 Å². The molecule has 3 nitrogen and oxygen atoms in total. The van der Waals surface area contributed by atoms with Gasteiger partial charge in [-0.1, -0.05) is 6.92 Å². The van der Waals surface area contributed by atoms with Crippen molar-refractivity contribution in [3.63, 3.8) is 0 Å². The predicted molar refractivity (Wildman–Crippen MR) is 44.3 cm³/mol. The molecule has 1 fully saturated rings. The summed E-state index contributed by atoms with van der Waals surface area (Å²) in [5, 5.41) is 3.25. The lowest BCUT2D eigenvalue weighted by atomic mass is 10.2. The maximum Gasteiger partial charge on any atom is 0.222 e. The van der Waals surface area contributed by atoms with Crippen molar-refractivity contribution in [1.82, 2.24) is 10.2 Å². The van der Waals surface area contributed by atoms with E-state index in [4.69, 9.17) is 0 Å². The van der Waals surface area contributed by atoms with Gasteiger partial charge in [-0.15, -0.1) is 0 Å². The van der Waals surface area contributed by atoms with Gasteiger partial charge in [0.25, 0.3) is 0 Å². The number of likely N-dealkylation sites (tertiary alicyclic amines) is 1. The van der Waals surface area contributed by atoms with Crippen molar-refractivity contribution in [3.05, 3.63) is 0 Å². The second-order valence-corrected chi connectivity index (χ2v) is 3.00. The minimum absolute atomic E-state index is 0.285. The Morgan fingerprint density at radius 2 is 2.45 bits per heavy atom. The van der Waals surface area contributed by atoms with Crippen LogP contribution >= 0.6 is 0 Å². The van der Waals surface area contributed by atoms with E-state index in [1.165, 1.54) is 0 Å². The zero-order valence-corrected chi connectivity index (χ0v) is 7.26. The molecule has 0 bridgehead atoms. The largest absolute Gasteiger partial charge is 0.341 e. The number of likely N-dealkylation sites (N-methyl/N-ethyl adjacent to an activating group) is 2. The molecule has 0 unspecified atom stereocenters. The molecular weight excluding hydrogens is 140 g/mol. The van der Waals surface area contributed by atoms with Gasteiger partial charge in [0.15, 0.2) is 0 Å². The second-order valence-electron chi connectivity index (χ2n) is 3.00. The first-order chi connectivity index (χ1) is 5.25. The average Bonchev–Trinajstić information content (AvgIpc) is 2.31. The number of hydrogen-bond acceptors (Lipinski definition) is 2. The molecule has 0 radical (unpaired) electrons. The molecule has 1 aliphatic heterocycles. The van der Waals surface area contributed by atoms with E-state index in [0.29, 0.717) is 6.04 Å². The summed E-state index contributed by atoms with van der Waals surface area (Å²) in [4.78, 5) is 12.9. The third-order valence-corrected chi connectivity index (χ3v) is 2.26. The van der Waals surface area contributed by atoms with Crippen molar-refractivity contribution in [1.29, 1.82) is 0 Å². The molecule has 0 saturated carbocycles. The fourth-order valence-electron chi connectivity index (χ4n) is 1.41. The number of amides is 1. The van der Waals surface area contributed by atoms with E-state index in [-0.39, 0.29) is 5.91 Å². The van der Waals surface area contributed by atoms with E-state index in [2.05, 4.69) is 12.2 Å². The summed E-state index contributed by atoms with van der Waals surface area (Å²) >= 11 is 0. The van der Waals surface area contributed by atoms with Crippen molar-refractivity contribution in [2.45, 2.75) is 25.8 Å². The molecule has 1 amide bonds. The molecule has 1 heterocycles. The molecule has 1 rings (SSSR count). The van der Waals surface area contributed by atoms with Crippen LogP contribution in [0.25, 0.3) is 0 Å². The standard InChI is InChI=1S/C8H16N2O/c1-3-9-6-7-4-5-8(11)10(7)2/h7,9H,3-6H2,1-2H3/t7-/m0/s1. The predicted octanol–water partition coefficient (Wildman–Crippen LogP) is 0.217. The zero-order chi connectivity index (χ0) is 8.27. The van der Waals surface area contributed by atoms with Crippen molar-refractivity contribution in [2.75, 3.05) is 20.1 Å². The van der Waals surface area contributed by atoms with Gasteiger partial charge in [-0.25, -0.2) is 0 Å². The number of nitrogens with zero attached hydrogens (tertiary/aromatic N) is 1. The molecule has 0 spiro atoms. The van der Waals surface area contributed by atoms with E-state index < -0.39 is 0 Å². The second kappa shape index (κ2) is 3.72. The molecule has 1 aliphatic rings. The lowest BCUT2D eigenvalue weighted by Gasteiger charge is -2.19. The SMILES string of the molecule is CCNC[C@@H]1CCC(=O)N1C. The Balaban J connectivity index is 2.30. The van der Waals surface area contributed by atoms with Gasteiger partial charge >= 0.3 is 0 Å². The van der Waals surface area contributed by atoms with E-state index in [1.54, 1.807) is 0 Å². The summed E-state index contributed by atoms with van der Waals surface area (Å²) in [7, 11) is 1.89. The van der Waals surface area contributed by atoms with Crippen LogP contribution in [0.15, 0.2) is 0 Å². The Morgan fingerprint density at radius 1 is 1.73 bits per heavy atom. The third-order valence-electron chi connectivity index (χ3n) is 2.26. The zero-order valence-electron chi connectivity index (χ0n) is 7.26. The molecular formula is C8H16N2O. The quantitative estimate of drug-likeness (QED) is 0.634. The van der Waals surface area contributed by atoms with Crippen LogP contribution in [0.2, 0.25) is 0 Å². The lowest BCUT2D eigenvalue weighted by molar-refractivity contribution is -0.127. The highest BCUT2D eigenvalue weighted by molar-refractivity contribution is 5.78. The number of carbonyl (C=O) groups excluding carboxylic acids is 1. The number of rotatable bonds is 3. The van der Waals surface area contributed by atoms with Crippen molar-refractivity contribution >= 4 is 5.91 Å². The van der Waals surface area contributed by atoms with Crippen molar-refractivity contribution < 1.29 is 4.79 Å². The van der Waals surface area contributed by atoms with E-state index in [1.807, 2.05) is 11.9 Å². The first-order valence-corrected chi connectivity index (χ1v) is 4.22. The maximum absolute atomic E-state index is 11.0. The molecule has 0 aromatic rings. The van der Waals surface area contributed by atoms with Crippen LogP contribution in [0.5, 0.6) is 0 Å². The smallest absolute Gasteiger partial charge is 0.222 e. The first-order valence-electron chi connectivity index (χ1n) is 4.22. The first kappa shape index (κ1) is 8.53. The van der Waals surface area contributed by atoms with Crippen LogP contribution in [0.1, 0.15) is 19.8 Å². The molecule has 1 atom stereocenters. The highest BCUT2D eigenvalue weighted by Gasteiger charge is 2.26. The molecule has 3 heteroatoms. The average molecular weight is 156 g/mol. The minimum atomic E-state index is 0.285. The number of carbonyl (C=O) groups is 1.